The SMILES string of the molecule is NC(CSCC(N)=NCC1C2CC3CC(C2)CC1C3)=NCC1C2CC3CC(C2)CC1C3. The van der Waals surface area contributed by atoms with Crippen molar-refractivity contribution < 1.29 is 0 Å². The normalized spacial score (nSPS) is 48.0. The Kier molecular flexibility index (Phi) is 5.77. The van der Waals surface area contributed by atoms with Crippen molar-refractivity contribution in [2.45, 2.75) is 64.2 Å². The van der Waals surface area contributed by atoms with Crippen LogP contribution in [0.2, 0.25) is 0 Å². The van der Waals surface area contributed by atoms with Crippen LogP contribution in [0.3, 0.4) is 0 Å². The molecule has 8 aliphatic carbocycles. The monoisotopic (exact) mass is 442 g/mol. The van der Waals surface area contributed by atoms with E-state index in [4.69, 9.17) is 21.5 Å². The van der Waals surface area contributed by atoms with E-state index in [0.29, 0.717) is 0 Å². The first kappa shape index (κ1) is 20.9. The summed E-state index contributed by atoms with van der Waals surface area (Å²) in [5.74, 6) is 12.7. The Hall–Kier alpha value is -0.710. The molecule has 8 aliphatic rings. The standard InChI is InChI=1S/C26H42N4S/c27-25(29-11-23-19-3-15-1-16(5-19)6-20(23)4-15)13-31-14-26(28)30-12-24-21-7-17-2-18(9-21)10-22(24)8-17/h15-24H,1-14H2,(H2,27,29)(H2,28,30). The number of nitrogens with zero attached hydrogens (tertiary/aromatic N) is 2. The number of aliphatic imine (C=N–C) groups is 2. The Balaban J connectivity index is 0.937. The molecule has 8 fully saturated rings. The highest BCUT2D eigenvalue weighted by molar-refractivity contribution is 8.00. The summed E-state index contributed by atoms with van der Waals surface area (Å²) in [6, 6.07) is 0. The summed E-state index contributed by atoms with van der Waals surface area (Å²) >= 11 is 1.79. The Bertz CT molecular complexity index is 615. The summed E-state index contributed by atoms with van der Waals surface area (Å²) in [4.78, 5) is 9.66. The van der Waals surface area contributed by atoms with Crippen molar-refractivity contribution in [3.8, 4) is 0 Å². The second kappa shape index (κ2) is 8.57. The summed E-state index contributed by atoms with van der Waals surface area (Å²) in [5, 5.41) is 0. The first-order valence-electron chi connectivity index (χ1n) is 13.3. The lowest BCUT2D eigenvalue weighted by Gasteiger charge is -2.54. The van der Waals surface area contributed by atoms with E-state index in [1.165, 1.54) is 64.2 Å². The first-order chi connectivity index (χ1) is 15.1. The predicted molar refractivity (Wildman–Crippen MR) is 131 cm³/mol. The number of nitrogens with two attached hydrogens (primary N) is 2. The van der Waals surface area contributed by atoms with Gasteiger partial charge in [0.1, 0.15) is 11.7 Å². The number of thioether (sulfide) groups is 1. The second-order valence-corrected chi connectivity index (χ2v) is 13.3. The van der Waals surface area contributed by atoms with Crippen LogP contribution in [0.15, 0.2) is 9.98 Å². The molecule has 0 aromatic heterocycles. The van der Waals surface area contributed by atoms with Crippen molar-refractivity contribution in [3.05, 3.63) is 0 Å². The van der Waals surface area contributed by atoms with Crippen LogP contribution in [-0.2, 0) is 0 Å². The molecule has 0 saturated heterocycles. The summed E-state index contributed by atoms with van der Waals surface area (Å²) in [7, 11) is 0. The third kappa shape index (κ3) is 4.29. The molecule has 8 saturated carbocycles. The van der Waals surface area contributed by atoms with Crippen molar-refractivity contribution in [3.63, 3.8) is 0 Å². The largest absolute Gasteiger partial charge is 0.387 e. The Morgan fingerprint density at radius 3 is 1.19 bits per heavy atom. The van der Waals surface area contributed by atoms with Crippen molar-refractivity contribution in [2.75, 3.05) is 24.6 Å². The van der Waals surface area contributed by atoms with Gasteiger partial charge in [0.25, 0.3) is 0 Å². The number of amidine groups is 2. The molecule has 4 N–H and O–H groups in total. The molecule has 0 atom stereocenters. The van der Waals surface area contributed by atoms with Gasteiger partial charge in [0.15, 0.2) is 0 Å². The molecule has 0 aromatic rings. The van der Waals surface area contributed by atoms with Crippen LogP contribution in [-0.4, -0.2) is 36.3 Å². The Labute approximate surface area is 192 Å². The molecular formula is C26H42N4S. The Morgan fingerprint density at radius 1 is 0.548 bits per heavy atom. The van der Waals surface area contributed by atoms with Gasteiger partial charge in [0.05, 0.1) is 11.5 Å². The van der Waals surface area contributed by atoms with Crippen molar-refractivity contribution >= 4 is 23.4 Å². The average molecular weight is 443 g/mol. The minimum Gasteiger partial charge on any atom is -0.387 e. The molecule has 8 rings (SSSR count). The Morgan fingerprint density at radius 2 is 0.871 bits per heavy atom. The van der Waals surface area contributed by atoms with Gasteiger partial charge in [-0.2, -0.15) is 0 Å². The van der Waals surface area contributed by atoms with Crippen molar-refractivity contribution in [2.24, 2.45) is 80.6 Å². The topological polar surface area (TPSA) is 76.8 Å². The van der Waals surface area contributed by atoms with Gasteiger partial charge in [-0.05, 0) is 123 Å². The van der Waals surface area contributed by atoms with Gasteiger partial charge in [-0.15, -0.1) is 11.8 Å². The highest BCUT2D eigenvalue weighted by atomic mass is 32.2. The molecule has 0 heterocycles. The highest BCUT2D eigenvalue weighted by Gasteiger charge is 2.48. The smallest absolute Gasteiger partial charge is 0.104 e. The maximum Gasteiger partial charge on any atom is 0.104 e. The van der Waals surface area contributed by atoms with E-state index in [2.05, 4.69) is 0 Å². The van der Waals surface area contributed by atoms with E-state index in [9.17, 15) is 0 Å². The van der Waals surface area contributed by atoms with Gasteiger partial charge in [-0.25, -0.2) is 0 Å². The molecule has 0 spiro atoms. The highest BCUT2D eigenvalue weighted by Crippen LogP contribution is 2.57. The van der Waals surface area contributed by atoms with Gasteiger partial charge in [0.2, 0.25) is 0 Å². The van der Waals surface area contributed by atoms with Gasteiger partial charge in [-0.1, -0.05) is 0 Å². The van der Waals surface area contributed by atoms with Gasteiger partial charge in [0, 0.05) is 13.1 Å². The molecule has 31 heavy (non-hydrogen) atoms. The van der Waals surface area contributed by atoms with Crippen LogP contribution in [0.25, 0.3) is 0 Å². The van der Waals surface area contributed by atoms with E-state index in [1.54, 1.807) is 11.8 Å². The number of hydrogen-bond acceptors (Lipinski definition) is 3. The molecule has 0 unspecified atom stereocenters. The van der Waals surface area contributed by atoms with E-state index >= 15 is 0 Å². The molecular weight excluding hydrogens is 400 g/mol. The summed E-state index contributed by atoms with van der Waals surface area (Å²) in [6.07, 6.45) is 14.8. The molecule has 0 radical (unpaired) electrons. The molecule has 5 heteroatoms. The van der Waals surface area contributed by atoms with Gasteiger partial charge >= 0.3 is 0 Å². The average Bonchev–Trinajstić information content (AvgIpc) is 2.72. The molecule has 0 aromatic carbocycles. The van der Waals surface area contributed by atoms with Crippen molar-refractivity contribution in [1.29, 1.82) is 0 Å². The molecule has 0 aliphatic heterocycles. The first-order valence-corrected chi connectivity index (χ1v) is 14.4. The quantitative estimate of drug-likeness (QED) is 0.427. The third-order valence-electron chi connectivity index (χ3n) is 10.4. The lowest BCUT2D eigenvalue weighted by Crippen LogP contribution is -2.46. The van der Waals surface area contributed by atoms with E-state index in [0.717, 1.165) is 95.4 Å². The van der Waals surface area contributed by atoms with Gasteiger partial charge < -0.3 is 11.5 Å². The number of rotatable bonds is 8. The fourth-order valence-corrected chi connectivity index (χ4v) is 10.2. The zero-order valence-electron chi connectivity index (χ0n) is 19.1. The maximum absolute atomic E-state index is 6.28. The van der Waals surface area contributed by atoms with Crippen LogP contribution in [0.1, 0.15) is 64.2 Å². The van der Waals surface area contributed by atoms with E-state index in [-0.39, 0.29) is 0 Å². The summed E-state index contributed by atoms with van der Waals surface area (Å²) < 4.78 is 0. The lowest BCUT2D eigenvalue weighted by atomic mass is 9.52. The molecule has 0 amide bonds. The van der Waals surface area contributed by atoms with E-state index in [1.807, 2.05) is 0 Å². The lowest BCUT2D eigenvalue weighted by molar-refractivity contribution is -0.0320. The zero-order chi connectivity index (χ0) is 20.9. The third-order valence-corrected chi connectivity index (χ3v) is 11.4. The zero-order valence-corrected chi connectivity index (χ0v) is 19.9. The molecule has 4 nitrogen and oxygen atoms in total. The second-order valence-electron chi connectivity index (χ2n) is 12.3. The minimum atomic E-state index is 0.793. The summed E-state index contributed by atoms with van der Waals surface area (Å²) in [6.45, 7) is 1.94. The van der Waals surface area contributed by atoms with Crippen LogP contribution in [0.4, 0.5) is 0 Å². The van der Waals surface area contributed by atoms with Crippen LogP contribution in [0, 0.1) is 59.2 Å². The van der Waals surface area contributed by atoms with Gasteiger partial charge in [-0.3, -0.25) is 9.98 Å². The minimum absolute atomic E-state index is 0.793. The van der Waals surface area contributed by atoms with Crippen LogP contribution in [0.5, 0.6) is 0 Å². The van der Waals surface area contributed by atoms with Crippen LogP contribution >= 0.6 is 11.8 Å². The van der Waals surface area contributed by atoms with Crippen LogP contribution < -0.4 is 11.5 Å². The molecule has 172 valence electrons. The fraction of sp³-hybridized carbons (Fsp3) is 0.923. The number of hydrogen-bond donors (Lipinski definition) is 2. The molecule has 8 bridgehead atoms. The summed E-state index contributed by atoms with van der Waals surface area (Å²) in [5.41, 5.74) is 12.6. The fourth-order valence-electron chi connectivity index (χ4n) is 9.47. The van der Waals surface area contributed by atoms with E-state index < -0.39 is 0 Å². The maximum atomic E-state index is 6.28. The predicted octanol–water partition coefficient (Wildman–Crippen LogP) is 4.58. The van der Waals surface area contributed by atoms with Crippen molar-refractivity contribution in [1.82, 2.24) is 0 Å².